The second-order valence-electron chi connectivity index (χ2n) is 4.25. The first-order valence-corrected chi connectivity index (χ1v) is 7.36. The molecular formula is C13H18N2O4S. The Labute approximate surface area is 121 Å². The molecule has 0 aliphatic carbocycles. The molecule has 0 fully saturated rings. The highest BCUT2D eigenvalue weighted by atomic mass is 32.2. The van der Waals surface area contributed by atoms with Gasteiger partial charge in [-0.05, 0) is 30.9 Å². The predicted molar refractivity (Wildman–Crippen MR) is 79.7 cm³/mol. The summed E-state index contributed by atoms with van der Waals surface area (Å²) < 4.78 is 0. The number of hydrogen-bond donors (Lipinski definition) is 4. The highest BCUT2D eigenvalue weighted by Gasteiger charge is 2.13. The Balaban J connectivity index is 2.60. The third kappa shape index (κ3) is 5.00. The molecule has 1 aromatic carbocycles. The Hall–Kier alpha value is -1.89. The van der Waals surface area contributed by atoms with Gasteiger partial charge in [0.05, 0.1) is 11.3 Å². The van der Waals surface area contributed by atoms with Crippen LogP contribution in [0, 0.1) is 0 Å². The first kappa shape index (κ1) is 16.2. The maximum absolute atomic E-state index is 11.7. The second-order valence-corrected chi connectivity index (χ2v) is 5.53. The fraction of sp³-hybridized carbons (Fsp3) is 0.385. The highest BCUT2D eigenvalue weighted by molar-refractivity contribution is 7.99. The first-order chi connectivity index (χ1) is 9.43. The maximum atomic E-state index is 11.7. The Morgan fingerprint density at radius 3 is 2.70 bits per heavy atom. The van der Waals surface area contributed by atoms with Crippen LogP contribution in [-0.4, -0.2) is 40.3 Å². The molecule has 0 spiro atoms. The van der Waals surface area contributed by atoms with Crippen LogP contribution in [0.4, 0.5) is 10.5 Å². The summed E-state index contributed by atoms with van der Waals surface area (Å²) in [6.45, 7) is 2.57. The van der Waals surface area contributed by atoms with Crippen molar-refractivity contribution in [2.45, 2.75) is 18.6 Å². The molecule has 0 bridgehead atoms. The molecule has 1 unspecified atom stereocenters. The van der Waals surface area contributed by atoms with Crippen molar-refractivity contribution in [3.8, 4) is 5.75 Å². The molecule has 0 saturated heterocycles. The molecule has 4 N–H and O–H groups in total. The zero-order chi connectivity index (χ0) is 15.1. The lowest BCUT2D eigenvalue weighted by molar-refractivity contribution is 0.0697. The van der Waals surface area contributed by atoms with E-state index in [1.54, 1.807) is 11.8 Å². The van der Waals surface area contributed by atoms with Gasteiger partial charge >= 0.3 is 12.0 Å². The van der Waals surface area contributed by atoms with Crippen molar-refractivity contribution in [2.24, 2.45) is 0 Å². The van der Waals surface area contributed by atoms with Crippen LogP contribution < -0.4 is 10.6 Å². The normalized spacial score (nSPS) is 11.7. The molecule has 0 heterocycles. The van der Waals surface area contributed by atoms with Crippen LogP contribution in [0.5, 0.6) is 5.75 Å². The number of anilines is 1. The number of phenolic OH excluding ortho intramolecular Hbond substituents is 1. The van der Waals surface area contributed by atoms with Gasteiger partial charge in [0.1, 0.15) is 5.75 Å². The van der Waals surface area contributed by atoms with Crippen molar-refractivity contribution < 1.29 is 19.8 Å². The van der Waals surface area contributed by atoms with E-state index in [-0.39, 0.29) is 17.0 Å². The quantitative estimate of drug-likeness (QED) is 0.604. The van der Waals surface area contributed by atoms with Crippen LogP contribution in [0.2, 0.25) is 0 Å². The van der Waals surface area contributed by atoms with Crippen LogP contribution in [0.1, 0.15) is 23.7 Å². The number of carbonyl (C=O) groups is 2. The maximum Gasteiger partial charge on any atom is 0.337 e. The SMILES string of the molecule is CSC(C)CCNC(=O)Nc1ccc(O)cc1C(=O)O. The van der Waals surface area contributed by atoms with Crippen LogP contribution in [0.3, 0.4) is 0 Å². The molecule has 1 aromatic rings. The van der Waals surface area contributed by atoms with Gasteiger partial charge in [0, 0.05) is 11.8 Å². The number of aromatic carboxylic acids is 1. The number of phenols is 1. The summed E-state index contributed by atoms with van der Waals surface area (Å²) in [5, 5.41) is 23.8. The molecule has 2 amide bonds. The average molecular weight is 298 g/mol. The number of hydrogen-bond acceptors (Lipinski definition) is 4. The molecule has 0 saturated carbocycles. The molecule has 0 radical (unpaired) electrons. The number of carboxylic acids is 1. The van der Waals surface area contributed by atoms with E-state index in [0.717, 1.165) is 12.5 Å². The van der Waals surface area contributed by atoms with E-state index < -0.39 is 12.0 Å². The van der Waals surface area contributed by atoms with Crippen molar-refractivity contribution in [2.75, 3.05) is 18.1 Å². The third-order valence-electron chi connectivity index (χ3n) is 2.72. The van der Waals surface area contributed by atoms with E-state index in [0.29, 0.717) is 11.8 Å². The topological polar surface area (TPSA) is 98.7 Å². The molecular weight excluding hydrogens is 280 g/mol. The number of rotatable bonds is 6. The van der Waals surface area contributed by atoms with Crippen molar-refractivity contribution in [3.63, 3.8) is 0 Å². The number of thioether (sulfide) groups is 1. The van der Waals surface area contributed by atoms with Crippen LogP contribution in [0.25, 0.3) is 0 Å². The van der Waals surface area contributed by atoms with Gasteiger partial charge in [0.2, 0.25) is 0 Å². The van der Waals surface area contributed by atoms with E-state index in [2.05, 4.69) is 17.6 Å². The summed E-state index contributed by atoms with van der Waals surface area (Å²) in [6, 6.07) is 3.29. The summed E-state index contributed by atoms with van der Waals surface area (Å²) >= 11 is 1.71. The van der Waals surface area contributed by atoms with Gasteiger partial charge in [0.25, 0.3) is 0 Å². The number of nitrogens with one attached hydrogen (secondary N) is 2. The van der Waals surface area contributed by atoms with Crippen molar-refractivity contribution >= 4 is 29.4 Å². The third-order valence-corrected chi connectivity index (χ3v) is 3.76. The van der Waals surface area contributed by atoms with E-state index in [1.165, 1.54) is 12.1 Å². The van der Waals surface area contributed by atoms with E-state index in [4.69, 9.17) is 5.11 Å². The molecule has 0 aromatic heterocycles. The second kappa shape index (κ2) is 7.64. The van der Waals surface area contributed by atoms with Gasteiger partial charge in [-0.25, -0.2) is 9.59 Å². The number of carboxylic acid groups (broad SMARTS) is 1. The van der Waals surface area contributed by atoms with Gasteiger partial charge in [0.15, 0.2) is 0 Å². The van der Waals surface area contributed by atoms with Crippen molar-refractivity contribution in [3.05, 3.63) is 23.8 Å². The molecule has 110 valence electrons. The number of amides is 2. The minimum absolute atomic E-state index is 0.144. The summed E-state index contributed by atoms with van der Waals surface area (Å²) in [4.78, 5) is 22.7. The van der Waals surface area contributed by atoms with Gasteiger partial charge in [-0.3, -0.25) is 0 Å². The lowest BCUT2D eigenvalue weighted by Gasteiger charge is -2.11. The number of aromatic hydroxyl groups is 1. The minimum atomic E-state index is -1.22. The zero-order valence-corrected chi connectivity index (χ0v) is 12.2. The van der Waals surface area contributed by atoms with Gasteiger partial charge in [-0.1, -0.05) is 6.92 Å². The lowest BCUT2D eigenvalue weighted by atomic mass is 10.1. The van der Waals surface area contributed by atoms with Crippen LogP contribution in [0.15, 0.2) is 18.2 Å². The molecule has 7 heteroatoms. The summed E-state index contributed by atoms with van der Waals surface area (Å²) in [6.07, 6.45) is 2.83. The largest absolute Gasteiger partial charge is 0.508 e. The van der Waals surface area contributed by atoms with Crippen molar-refractivity contribution in [1.82, 2.24) is 5.32 Å². The molecule has 1 atom stereocenters. The fourth-order valence-corrected chi connectivity index (χ4v) is 1.85. The highest BCUT2D eigenvalue weighted by Crippen LogP contribution is 2.21. The van der Waals surface area contributed by atoms with Gasteiger partial charge in [-0.15, -0.1) is 0 Å². The molecule has 0 aliphatic heterocycles. The number of benzene rings is 1. The molecule has 20 heavy (non-hydrogen) atoms. The van der Waals surface area contributed by atoms with Crippen LogP contribution in [-0.2, 0) is 0 Å². The fourth-order valence-electron chi connectivity index (χ4n) is 1.49. The predicted octanol–water partition coefficient (Wildman–Crippen LogP) is 2.35. The van der Waals surface area contributed by atoms with E-state index in [9.17, 15) is 14.7 Å². The van der Waals surface area contributed by atoms with Crippen LogP contribution >= 0.6 is 11.8 Å². The molecule has 6 nitrogen and oxygen atoms in total. The monoisotopic (exact) mass is 298 g/mol. The molecule has 1 rings (SSSR count). The lowest BCUT2D eigenvalue weighted by Crippen LogP contribution is -2.31. The van der Waals surface area contributed by atoms with Gasteiger partial charge < -0.3 is 20.8 Å². The Bertz CT molecular complexity index is 493. The van der Waals surface area contributed by atoms with E-state index in [1.807, 2.05) is 6.26 Å². The average Bonchev–Trinajstić information content (AvgIpc) is 2.40. The standard InChI is InChI=1S/C13H18N2O4S/c1-8(20-2)5-6-14-13(19)15-11-4-3-9(16)7-10(11)12(17)18/h3-4,7-8,16H,5-6H2,1-2H3,(H,17,18)(H2,14,15,19). The summed E-state index contributed by atoms with van der Waals surface area (Å²) in [7, 11) is 0. The Morgan fingerprint density at radius 2 is 2.10 bits per heavy atom. The first-order valence-electron chi connectivity index (χ1n) is 6.08. The van der Waals surface area contributed by atoms with E-state index >= 15 is 0 Å². The Morgan fingerprint density at radius 1 is 1.40 bits per heavy atom. The van der Waals surface area contributed by atoms with Gasteiger partial charge in [-0.2, -0.15) is 11.8 Å². The zero-order valence-electron chi connectivity index (χ0n) is 11.3. The summed E-state index contributed by atoms with van der Waals surface area (Å²) in [5.41, 5.74) is -0.0108. The Kier molecular flexibility index (Phi) is 6.17. The minimum Gasteiger partial charge on any atom is -0.508 e. The number of urea groups is 1. The van der Waals surface area contributed by atoms with Crippen molar-refractivity contribution in [1.29, 1.82) is 0 Å². The number of carbonyl (C=O) groups excluding carboxylic acids is 1. The molecule has 0 aliphatic rings. The summed E-state index contributed by atoms with van der Waals surface area (Å²) in [5.74, 6) is -1.38. The smallest absolute Gasteiger partial charge is 0.337 e.